The molecule has 2 aromatic rings. The smallest absolute Gasteiger partial charge is 0.294 e. The van der Waals surface area contributed by atoms with E-state index in [1.165, 1.54) is 0 Å². The first-order valence-corrected chi connectivity index (χ1v) is 5.89. The number of nitrogens with one attached hydrogen (secondary N) is 2. The van der Waals surface area contributed by atoms with Gasteiger partial charge < -0.3 is 9.73 Å². The average Bonchev–Trinajstić information content (AvgIpc) is 2.86. The molecule has 96 valence electrons. The van der Waals surface area contributed by atoms with Crippen LogP contribution in [0.4, 0.5) is 5.82 Å². The predicted molar refractivity (Wildman–Crippen MR) is 66.5 cm³/mol. The lowest BCUT2D eigenvalue weighted by Gasteiger charge is -1.98. The molecular weight excluding hydrogens is 232 g/mol. The van der Waals surface area contributed by atoms with Gasteiger partial charge in [-0.2, -0.15) is 5.10 Å². The summed E-state index contributed by atoms with van der Waals surface area (Å²) >= 11 is 0. The predicted octanol–water partition coefficient (Wildman–Crippen LogP) is 2.22. The average molecular weight is 248 g/mol. The Balaban J connectivity index is 2.08. The van der Waals surface area contributed by atoms with Crippen molar-refractivity contribution in [1.29, 1.82) is 0 Å². The van der Waals surface area contributed by atoms with Gasteiger partial charge in [-0.15, -0.1) is 0 Å². The Hall–Kier alpha value is -2.11. The molecule has 2 heterocycles. The summed E-state index contributed by atoms with van der Waals surface area (Å²) in [5.74, 6) is 0.874. The molecule has 0 spiro atoms. The molecule has 0 atom stereocenters. The molecule has 0 saturated carbocycles. The highest BCUT2D eigenvalue weighted by atomic mass is 16.4. The van der Waals surface area contributed by atoms with Crippen molar-refractivity contribution in [3.63, 3.8) is 0 Å². The van der Waals surface area contributed by atoms with Crippen LogP contribution in [0.25, 0.3) is 0 Å². The molecule has 0 aliphatic rings. The third-order valence-electron chi connectivity index (χ3n) is 2.50. The Morgan fingerprint density at radius 2 is 2.28 bits per heavy atom. The van der Waals surface area contributed by atoms with Crippen LogP contribution in [-0.2, 0) is 6.42 Å². The Bertz CT molecular complexity index is 556. The lowest BCUT2D eigenvalue weighted by atomic mass is 10.2. The van der Waals surface area contributed by atoms with E-state index in [1.807, 2.05) is 6.07 Å². The topological polar surface area (TPSA) is 83.8 Å². The summed E-state index contributed by atoms with van der Waals surface area (Å²) < 4.78 is 5.24. The lowest BCUT2D eigenvalue weighted by molar-refractivity contribution is 0.0994. The van der Waals surface area contributed by atoms with Gasteiger partial charge in [-0.1, -0.05) is 13.3 Å². The number of nitrogens with zero attached hydrogens (tertiary/aromatic N) is 2. The summed E-state index contributed by atoms with van der Waals surface area (Å²) in [4.78, 5) is 16.0. The Morgan fingerprint density at radius 1 is 1.50 bits per heavy atom. The standard InChI is InChI=1S/C12H16N4O2/c1-4-5-9-6-10(16-15-9)14-12(17)11-7(2)13-8(3)18-11/h6H,4-5H2,1-3H3,(H2,14,15,16,17). The zero-order valence-corrected chi connectivity index (χ0v) is 10.7. The van der Waals surface area contributed by atoms with E-state index >= 15 is 0 Å². The fourth-order valence-electron chi connectivity index (χ4n) is 1.74. The minimum Gasteiger partial charge on any atom is -0.436 e. The van der Waals surface area contributed by atoms with Crippen LogP contribution in [0.5, 0.6) is 0 Å². The van der Waals surface area contributed by atoms with E-state index in [0.717, 1.165) is 18.5 Å². The van der Waals surface area contributed by atoms with Gasteiger partial charge in [-0.3, -0.25) is 9.89 Å². The van der Waals surface area contributed by atoms with Gasteiger partial charge in [0.15, 0.2) is 11.7 Å². The maximum atomic E-state index is 11.9. The van der Waals surface area contributed by atoms with Crippen molar-refractivity contribution in [2.24, 2.45) is 0 Å². The number of carbonyl (C=O) groups excluding carboxylic acids is 1. The number of carbonyl (C=O) groups is 1. The van der Waals surface area contributed by atoms with Gasteiger partial charge in [-0.25, -0.2) is 4.98 Å². The summed E-state index contributed by atoms with van der Waals surface area (Å²) in [6, 6.07) is 1.82. The van der Waals surface area contributed by atoms with Crippen molar-refractivity contribution in [3.8, 4) is 0 Å². The number of hydrogen-bond donors (Lipinski definition) is 2. The van der Waals surface area contributed by atoms with Crippen molar-refractivity contribution >= 4 is 11.7 Å². The maximum absolute atomic E-state index is 11.9. The van der Waals surface area contributed by atoms with Gasteiger partial charge in [0.1, 0.15) is 0 Å². The number of aromatic nitrogens is 3. The first-order valence-electron chi connectivity index (χ1n) is 5.89. The van der Waals surface area contributed by atoms with Gasteiger partial charge in [0.25, 0.3) is 5.91 Å². The van der Waals surface area contributed by atoms with Gasteiger partial charge in [0, 0.05) is 18.7 Å². The van der Waals surface area contributed by atoms with Gasteiger partial charge in [0.2, 0.25) is 5.76 Å². The number of aryl methyl sites for hydroxylation is 3. The normalized spacial score (nSPS) is 10.6. The van der Waals surface area contributed by atoms with Crippen molar-refractivity contribution in [2.45, 2.75) is 33.6 Å². The molecule has 2 aromatic heterocycles. The first kappa shape index (κ1) is 12.3. The second-order valence-electron chi connectivity index (χ2n) is 4.13. The quantitative estimate of drug-likeness (QED) is 0.868. The number of oxazole rings is 1. The fraction of sp³-hybridized carbons (Fsp3) is 0.417. The summed E-state index contributed by atoms with van der Waals surface area (Å²) in [6.45, 7) is 5.52. The number of hydrogen-bond acceptors (Lipinski definition) is 4. The maximum Gasteiger partial charge on any atom is 0.294 e. The third-order valence-corrected chi connectivity index (χ3v) is 2.50. The summed E-state index contributed by atoms with van der Waals surface area (Å²) in [5.41, 5.74) is 1.58. The van der Waals surface area contributed by atoms with Gasteiger partial charge in [-0.05, 0) is 13.3 Å². The Kier molecular flexibility index (Phi) is 3.45. The van der Waals surface area contributed by atoms with E-state index < -0.39 is 0 Å². The molecule has 2 rings (SSSR count). The number of anilines is 1. The molecule has 1 amide bonds. The van der Waals surface area contributed by atoms with E-state index in [-0.39, 0.29) is 11.7 Å². The second kappa shape index (κ2) is 5.03. The van der Waals surface area contributed by atoms with Crippen LogP contribution in [0, 0.1) is 13.8 Å². The zero-order valence-electron chi connectivity index (χ0n) is 10.7. The van der Waals surface area contributed by atoms with E-state index in [9.17, 15) is 4.79 Å². The first-order chi connectivity index (χ1) is 8.60. The SMILES string of the molecule is CCCc1cc(NC(=O)c2oc(C)nc2C)n[nH]1. The number of H-pyrrole nitrogens is 1. The Morgan fingerprint density at radius 3 is 2.89 bits per heavy atom. The molecule has 2 N–H and O–H groups in total. The molecule has 0 bridgehead atoms. The molecule has 0 aliphatic heterocycles. The third kappa shape index (κ3) is 2.58. The summed E-state index contributed by atoms with van der Waals surface area (Å²) in [5, 5.41) is 9.57. The van der Waals surface area contributed by atoms with Crippen LogP contribution in [0.2, 0.25) is 0 Å². The lowest BCUT2D eigenvalue weighted by Crippen LogP contribution is -2.12. The highest BCUT2D eigenvalue weighted by molar-refractivity contribution is 6.02. The van der Waals surface area contributed by atoms with Crippen LogP contribution < -0.4 is 5.32 Å². The van der Waals surface area contributed by atoms with Crippen LogP contribution in [0.15, 0.2) is 10.5 Å². The fourth-order valence-corrected chi connectivity index (χ4v) is 1.74. The van der Waals surface area contributed by atoms with Crippen LogP contribution in [0.3, 0.4) is 0 Å². The van der Waals surface area contributed by atoms with E-state index in [1.54, 1.807) is 13.8 Å². The molecule has 0 aromatic carbocycles. The minimum atomic E-state index is -0.331. The van der Waals surface area contributed by atoms with Crippen LogP contribution in [0.1, 0.15) is 41.2 Å². The molecule has 6 heteroatoms. The van der Waals surface area contributed by atoms with Crippen LogP contribution >= 0.6 is 0 Å². The van der Waals surface area contributed by atoms with Crippen molar-refractivity contribution < 1.29 is 9.21 Å². The number of amides is 1. The van der Waals surface area contributed by atoms with Crippen molar-refractivity contribution in [2.75, 3.05) is 5.32 Å². The van der Waals surface area contributed by atoms with Gasteiger partial charge >= 0.3 is 0 Å². The molecule has 0 fully saturated rings. The van der Waals surface area contributed by atoms with Crippen LogP contribution in [-0.4, -0.2) is 21.1 Å². The molecule has 0 unspecified atom stereocenters. The number of aromatic amines is 1. The zero-order chi connectivity index (χ0) is 13.1. The van der Waals surface area contributed by atoms with E-state index in [0.29, 0.717) is 17.4 Å². The molecule has 6 nitrogen and oxygen atoms in total. The molecule has 0 aliphatic carbocycles. The van der Waals surface area contributed by atoms with Gasteiger partial charge in [0.05, 0.1) is 5.69 Å². The Labute approximate surface area is 105 Å². The molecule has 0 radical (unpaired) electrons. The summed E-state index contributed by atoms with van der Waals surface area (Å²) in [7, 11) is 0. The monoisotopic (exact) mass is 248 g/mol. The van der Waals surface area contributed by atoms with Crippen molar-refractivity contribution in [1.82, 2.24) is 15.2 Å². The van der Waals surface area contributed by atoms with E-state index in [4.69, 9.17) is 4.42 Å². The molecule has 0 saturated heterocycles. The number of rotatable bonds is 4. The summed E-state index contributed by atoms with van der Waals surface area (Å²) in [6.07, 6.45) is 1.93. The largest absolute Gasteiger partial charge is 0.436 e. The molecule has 18 heavy (non-hydrogen) atoms. The second-order valence-corrected chi connectivity index (χ2v) is 4.13. The molecular formula is C12H16N4O2. The van der Waals surface area contributed by atoms with E-state index in [2.05, 4.69) is 27.4 Å². The minimum absolute atomic E-state index is 0.229. The van der Waals surface area contributed by atoms with Crippen molar-refractivity contribution in [3.05, 3.63) is 29.1 Å². The highest BCUT2D eigenvalue weighted by Gasteiger charge is 2.16. The highest BCUT2D eigenvalue weighted by Crippen LogP contribution is 2.13.